The smallest absolute Gasteiger partial charge is 0.129 e. The van der Waals surface area contributed by atoms with Crippen LogP contribution in [0.15, 0.2) is 36.4 Å². The molecule has 1 aliphatic heterocycles. The normalized spacial score (nSPS) is 16.5. The second-order valence-corrected chi connectivity index (χ2v) is 5.72. The molecule has 1 heterocycles. The van der Waals surface area contributed by atoms with Crippen molar-refractivity contribution in [3.8, 4) is 5.75 Å². The van der Waals surface area contributed by atoms with Crippen LogP contribution in [-0.2, 0) is 0 Å². The third-order valence-electron chi connectivity index (χ3n) is 3.65. The van der Waals surface area contributed by atoms with Crippen molar-refractivity contribution in [1.29, 1.82) is 0 Å². The highest BCUT2D eigenvalue weighted by Crippen LogP contribution is 2.43. The van der Waals surface area contributed by atoms with Gasteiger partial charge in [-0.05, 0) is 37.8 Å². The van der Waals surface area contributed by atoms with Crippen molar-refractivity contribution < 1.29 is 4.74 Å². The summed E-state index contributed by atoms with van der Waals surface area (Å²) in [7, 11) is 1.73. The van der Waals surface area contributed by atoms with Gasteiger partial charge in [0.15, 0.2) is 0 Å². The molecule has 2 aromatic carbocycles. The minimum atomic E-state index is -0.0355. The Morgan fingerprint density at radius 1 is 1.16 bits per heavy atom. The Hall–Kier alpha value is -1.96. The number of hydrogen-bond acceptors (Lipinski definition) is 2. The largest absolute Gasteiger partial charge is 0.496 e. The Labute approximate surface area is 114 Å². The van der Waals surface area contributed by atoms with Crippen molar-refractivity contribution in [3.63, 3.8) is 0 Å². The summed E-state index contributed by atoms with van der Waals surface area (Å²) in [6, 6.07) is 10.5. The molecule has 2 nitrogen and oxygen atoms in total. The number of nitrogens with one attached hydrogen (secondary N) is 1. The van der Waals surface area contributed by atoms with Crippen molar-refractivity contribution in [2.45, 2.75) is 26.3 Å². The zero-order valence-electron chi connectivity index (χ0n) is 11.9. The van der Waals surface area contributed by atoms with Crippen LogP contribution >= 0.6 is 0 Å². The highest BCUT2D eigenvalue weighted by atomic mass is 16.5. The second kappa shape index (κ2) is 4.02. The van der Waals surface area contributed by atoms with Crippen LogP contribution in [0.2, 0.25) is 0 Å². The molecular formula is C17H19NO. The maximum absolute atomic E-state index is 5.58. The van der Waals surface area contributed by atoms with Crippen molar-refractivity contribution in [1.82, 2.24) is 0 Å². The van der Waals surface area contributed by atoms with Gasteiger partial charge in [-0.2, -0.15) is 0 Å². The Kier molecular flexibility index (Phi) is 2.56. The Morgan fingerprint density at radius 3 is 2.63 bits per heavy atom. The molecule has 0 aromatic heterocycles. The maximum Gasteiger partial charge on any atom is 0.129 e. The molecule has 0 saturated carbocycles. The van der Waals surface area contributed by atoms with Gasteiger partial charge >= 0.3 is 0 Å². The quantitative estimate of drug-likeness (QED) is 0.810. The number of anilines is 1. The average molecular weight is 253 g/mol. The lowest BCUT2D eigenvalue weighted by molar-refractivity contribution is 0.414. The summed E-state index contributed by atoms with van der Waals surface area (Å²) in [5.74, 6) is 0.936. The van der Waals surface area contributed by atoms with Crippen LogP contribution in [0.1, 0.15) is 26.3 Å². The summed E-state index contributed by atoms with van der Waals surface area (Å²) < 4.78 is 5.58. The third-order valence-corrected chi connectivity index (χ3v) is 3.65. The van der Waals surface area contributed by atoms with Crippen molar-refractivity contribution >= 4 is 22.0 Å². The molecule has 0 fully saturated rings. The van der Waals surface area contributed by atoms with E-state index in [1.165, 1.54) is 27.6 Å². The van der Waals surface area contributed by atoms with E-state index in [1.807, 2.05) is 0 Å². The van der Waals surface area contributed by atoms with Gasteiger partial charge in [-0.15, -0.1) is 0 Å². The van der Waals surface area contributed by atoms with Crippen LogP contribution in [0.25, 0.3) is 16.3 Å². The first-order valence-electron chi connectivity index (χ1n) is 6.59. The molecule has 98 valence electrons. The van der Waals surface area contributed by atoms with Crippen molar-refractivity contribution in [3.05, 3.63) is 42.0 Å². The van der Waals surface area contributed by atoms with E-state index in [-0.39, 0.29) is 5.54 Å². The van der Waals surface area contributed by atoms with Crippen LogP contribution < -0.4 is 10.1 Å². The summed E-state index contributed by atoms with van der Waals surface area (Å²) in [5.41, 5.74) is 3.59. The maximum atomic E-state index is 5.58. The molecule has 0 bridgehead atoms. The first-order chi connectivity index (χ1) is 9.02. The molecule has 0 unspecified atom stereocenters. The number of rotatable bonds is 1. The van der Waals surface area contributed by atoms with Gasteiger partial charge in [-0.25, -0.2) is 0 Å². The lowest BCUT2D eigenvalue weighted by atomic mass is 9.88. The molecule has 0 radical (unpaired) electrons. The van der Waals surface area contributed by atoms with E-state index in [1.54, 1.807) is 7.11 Å². The first-order valence-corrected chi connectivity index (χ1v) is 6.59. The van der Waals surface area contributed by atoms with Gasteiger partial charge in [-0.3, -0.25) is 0 Å². The standard InChI is InChI=1S/C17H19NO/c1-11-10-17(2,3)18-16-13-8-6-5-7-12(13)9-14(19-4)15(11)16/h5-10,18H,1-4H3. The predicted molar refractivity (Wildman–Crippen MR) is 81.9 cm³/mol. The van der Waals surface area contributed by atoms with Crippen LogP contribution in [0.5, 0.6) is 5.75 Å². The molecule has 2 heteroatoms. The monoisotopic (exact) mass is 253 g/mol. The van der Waals surface area contributed by atoms with Gasteiger partial charge in [0.2, 0.25) is 0 Å². The SMILES string of the molecule is COc1cc2ccccc2c2c1C(C)=CC(C)(C)N2. The van der Waals surface area contributed by atoms with E-state index in [0.717, 1.165) is 5.75 Å². The average Bonchev–Trinajstić information content (AvgIpc) is 2.36. The molecule has 1 N–H and O–H groups in total. The molecule has 3 rings (SSSR count). The zero-order valence-corrected chi connectivity index (χ0v) is 11.9. The number of allylic oxidation sites excluding steroid dienone is 1. The van der Waals surface area contributed by atoms with Gasteiger partial charge in [0, 0.05) is 10.9 Å². The van der Waals surface area contributed by atoms with E-state index in [9.17, 15) is 0 Å². The van der Waals surface area contributed by atoms with E-state index in [0.29, 0.717) is 0 Å². The summed E-state index contributed by atoms with van der Waals surface area (Å²) in [6.45, 7) is 6.53. The Balaban J connectivity index is 2.41. The van der Waals surface area contributed by atoms with Crippen molar-refractivity contribution in [2.75, 3.05) is 12.4 Å². The van der Waals surface area contributed by atoms with Gasteiger partial charge in [0.1, 0.15) is 5.75 Å². The fraction of sp³-hybridized carbons (Fsp3) is 0.294. The zero-order chi connectivity index (χ0) is 13.6. The molecule has 0 spiro atoms. The van der Waals surface area contributed by atoms with E-state index in [2.05, 4.69) is 62.5 Å². The number of fused-ring (bicyclic) bond motifs is 3. The summed E-state index contributed by atoms with van der Waals surface area (Å²) in [5, 5.41) is 6.08. The number of benzene rings is 2. The topological polar surface area (TPSA) is 21.3 Å². The molecular weight excluding hydrogens is 234 g/mol. The van der Waals surface area contributed by atoms with Crippen molar-refractivity contribution in [2.24, 2.45) is 0 Å². The number of methoxy groups -OCH3 is 1. The lowest BCUT2D eigenvalue weighted by Gasteiger charge is -2.33. The van der Waals surface area contributed by atoms with Crippen LogP contribution in [0.4, 0.5) is 5.69 Å². The summed E-state index contributed by atoms with van der Waals surface area (Å²) in [4.78, 5) is 0. The minimum absolute atomic E-state index is 0.0355. The van der Waals surface area contributed by atoms with Crippen LogP contribution in [0, 0.1) is 0 Å². The van der Waals surface area contributed by atoms with Crippen LogP contribution in [-0.4, -0.2) is 12.6 Å². The molecule has 2 aromatic rings. The highest BCUT2D eigenvalue weighted by molar-refractivity contribution is 6.03. The molecule has 1 aliphatic rings. The predicted octanol–water partition coefficient (Wildman–Crippen LogP) is 4.46. The molecule has 19 heavy (non-hydrogen) atoms. The van der Waals surface area contributed by atoms with E-state index < -0.39 is 0 Å². The highest BCUT2D eigenvalue weighted by Gasteiger charge is 2.26. The minimum Gasteiger partial charge on any atom is -0.496 e. The number of ether oxygens (including phenoxy) is 1. The lowest BCUT2D eigenvalue weighted by Crippen LogP contribution is -2.31. The van der Waals surface area contributed by atoms with E-state index in [4.69, 9.17) is 4.74 Å². The molecule has 0 atom stereocenters. The first kappa shape index (κ1) is 12.1. The van der Waals surface area contributed by atoms with E-state index >= 15 is 0 Å². The van der Waals surface area contributed by atoms with Gasteiger partial charge in [0.25, 0.3) is 0 Å². The van der Waals surface area contributed by atoms with Crippen LogP contribution in [0.3, 0.4) is 0 Å². The Morgan fingerprint density at radius 2 is 1.89 bits per heavy atom. The Bertz CT molecular complexity index is 683. The fourth-order valence-corrected chi connectivity index (χ4v) is 2.98. The number of hydrogen-bond donors (Lipinski definition) is 1. The molecule has 0 aliphatic carbocycles. The van der Waals surface area contributed by atoms with Gasteiger partial charge < -0.3 is 10.1 Å². The second-order valence-electron chi connectivity index (χ2n) is 5.72. The van der Waals surface area contributed by atoms with Gasteiger partial charge in [0.05, 0.1) is 18.3 Å². The fourth-order valence-electron chi connectivity index (χ4n) is 2.98. The summed E-state index contributed by atoms with van der Waals surface area (Å²) >= 11 is 0. The third kappa shape index (κ3) is 1.88. The molecule has 0 saturated heterocycles. The van der Waals surface area contributed by atoms with Gasteiger partial charge in [-0.1, -0.05) is 30.3 Å². The summed E-state index contributed by atoms with van der Waals surface area (Å²) in [6.07, 6.45) is 2.26. The molecule has 0 amide bonds.